The molecule has 0 bridgehead atoms. The molecule has 0 spiro atoms. The molecule has 0 aromatic rings. The summed E-state index contributed by atoms with van der Waals surface area (Å²) in [6, 6.07) is 0.534. The van der Waals surface area contributed by atoms with Gasteiger partial charge in [-0.05, 0) is 6.42 Å². The SMILES string of the molecule is CN=C(NCCS(=O)(=O)N1CCSCC1)N1CCC(N2CCOCC2)C1.I. The minimum absolute atomic E-state index is 0. The number of rotatable bonds is 5. The lowest BCUT2D eigenvalue weighted by Crippen LogP contribution is -2.47. The predicted molar refractivity (Wildman–Crippen MR) is 122 cm³/mol. The molecule has 3 aliphatic rings. The van der Waals surface area contributed by atoms with Gasteiger partial charge in [0.2, 0.25) is 10.0 Å². The van der Waals surface area contributed by atoms with Crippen molar-refractivity contribution in [2.24, 2.45) is 4.99 Å². The molecule has 1 unspecified atom stereocenters. The molecule has 3 aliphatic heterocycles. The number of ether oxygens (including phenoxy) is 1. The first-order valence-electron chi connectivity index (χ1n) is 9.43. The third-order valence-corrected chi connectivity index (χ3v) is 8.06. The van der Waals surface area contributed by atoms with Crippen LogP contribution in [-0.4, -0.2) is 118 Å². The van der Waals surface area contributed by atoms with Crippen molar-refractivity contribution in [1.82, 2.24) is 19.4 Å². The van der Waals surface area contributed by atoms with Gasteiger partial charge in [0, 0.05) is 70.4 Å². The standard InChI is InChI=1S/C16H31N5O3S2.HI/c1-17-16(18-3-13-26(22,23)21-7-11-25-12-8-21)20-4-2-15(14-20)19-5-9-24-10-6-19;/h15H,2-14H2,1H3,(H,17,18);1H. The summed E-state index contributed by atoms with van der Waals surface area (Å²) < 4.78 is 31.9. The zero-order valence-corrected chi connectivity index (χ0v) is 20.0. The molecule has 1 atom stereocenters. The van der Waals surface area contributed by atoms with Gasteiger partial charge in [0.15, 0.2) is 5.96 Å². The number of morpholine rings is 1. The number of hydrogen-bond acceptors (Lipinski definition) is 6. The largest absolute Gasteiger partial charge is 0.379 e. The van der Waals surface area contributed by atoms with Crippen molar-refractivity contribution in [3.8, 4) is 0 Å². The van der Waals surface area contributed by atoms with Crippen molar-refractivity contribution in [2.45, 2.75) is 12.5 Å². The first kappa shape index (κ1) is 23.5. The first-order chi connectivity index (χ1) is 12.6. The van der Waals surface area contributed by atoms with Crippen molar-refractivity contribution < 1.29 is 13.2 Å². The summed E-state index contributed by atoms with van der Waals surface area (Å²) in [5, 5.41) is 3.25. The summed E-state index contributed by atoms with van der Waals surface area (Å²) in [7, 11) is -1.41. The lowest BCUT2D eigenvalue weighted by atomic mass is 10.2. The molecule has 3 saturated heterocycles. The molecule has 3 heterocycles. The van der Waals surface area contributed by atoms with Gasteiger partial charge in [0.05, 0.1) is 19.0 Å². The highest BCUT2D eigenvalue weighted by atomic mass is 127. The molecule has 11 heteroatoms. The summed E-state index contributed by atoms with van der Waals surface area (Å²) in [4.78, 5) is 9.09. The highest BCUT2D eigenvalue weighted by molar-refractivity contribution is 14.0. The summed E-state index contributed by atoms with van der Waals surface area (Å²) in [5.74, 6) is 2.72. The summed E-state index contributed by atoms with van der Waals surface area (Å²) in [6.07, 6.45) is 1.12. The smallest absolute Gasteiger partial charge is 0.215 e. The van der Waals surface area contributed by atoms with Crippen LogP contribution in [0.1, 0.15) is 6.42 Å². The second-order valence-corrected chi connectivity index (χ2v) is 10.2. The molecule has 0 amide bonds. The van der Waals surface area contributed by atoms with Crippen molar-refractivity contribution >= 4 is 51.7 Å². The molecule has 3 fully saturated rings. The topological polar surface area (TPSA) is 77.5 Å². The summed E-state index contributed by atoms with van der Waals surface area (Å²) in [5.41, 5.74) is 0. The highest BCUT2D eigenvalue weighted by Gasteiger charge is 2.30. The number of aliphatic imine (C=N–C) groups is 1. The Morgan fingerprint density at radius 2 is 1.89 bits per heavy atom. The van der Waals surface area contributed by atoms with Crippen LogP contribution in [0.25, 0.3) is 0 Å². The Labute approximate surface area is 184 Å². The fourth-order valence-electron chi connectivity index (χ4n) is 3.75. The third-order valence-electron chi connectivity index (χ3n) is 5.24. The molecular formula is C16H32IN5O3S2. The molecule has 0 aromatic heterocycles. The predicted octanol–water partition coefficient (Wildman–Crippen LogP) is -0.0351. The molecule has 0 saturated carbocycles. The van der Waals surface area contributed by atoms with Crippen molar-refractivity contribution in [2.75, 3.05) is 83.3 Å². The second kappa shape index (κ2) is 11.4. The van der Waals surface area contributed by atoms with Crippen LogP contribution >= 0.6 is 35.7 Å². The van der Waals surface area contributed by atoms with E-state index in [2.05, 4.69) is 20.1 Å². The molecule has 0 aliphatic carbocycles. The number of likely N-dealkylation sites (tertiary alicyclic amines) is 1. The van der Waals surface area contributed by atoms with Gasteiger partial charge in [-0.15, -0.1) is 24.0 Å². The lowest BCUT2D eigenvalue weighted by Gasteiger charge is -2.32. The molecular weight excluding hydrogens is 501 g/mol. The Balaban J connectivity index is 0.00000261. The molecule has 27 heavy (non-hydrogen) atoms. The van der Waals surface area contributed by atoms with E-state index in [9.17, 15) is 8.42 Å². The van der Waals surface area contributed by atoms with E-state index in [1.165, 1.54) is 0 Å². The van der Waals surface area contributed by atoms with E-state index < -0.39 is 10.0 Å². The van der Waals surface area contributed by atoms with Gasteiger partial charge < -0.3 is 15.0 Å². The average molecular weight is 534 g/mol. The van der Waals surface area contributed by atoms with Gasteiger partial charge >= 0.3 is 0 Å². The van der Waals surface area contributed by atoms with Crippen LogP contribution in [0, 0.1) is 0 Å². The van der Waals surface area contributed by atoms with Gasteiger partial charge in [-0.3, -0.25) is 9.89 Å². The fraction of sp³-hybridized carbons (Fsp3) is 0.938. The van der Waals surface area contributed by atoms with E-state index in [0.29, 0.717) is 25.7 Å². The van der Waals surface area contributed by atoms with Gasteiger partial charge in [-0.25, -0.2) is 12.7 Å². The van der Waals surface area contributed by atoms with Gasteiger partial charge in [0.1, 0.15) is 0 Å². The Hall–Kier alpha value is 0.180. The van der Waals surface area contributed by atoms with E-state index in [-0.39, 0.29) is 29.7 Å². The maximum atomic E-state index is 12.4. The van der Waals surface area contributed by atoms with E-state index in [0.717, 1.165) is 63.3 Å². The van der Waals surface area contributed by atoms with E-state index in [4.69, 9.17) is 4.74 Å². The number of thioether (sulfide) groups is 1. The zero-order valence-electron chi connectivity index (χ0n) is 16.0. The monoisotopic (exact) mass is 533 g/mol. The number of guanidine groups is 1. The summed E-state index contributed by atoms with van der Waals surface area (Å²) in [6.45, 7) is 7.19. The number of hydrogen-bond donors (Lipinski definition) is 1. The second-order valence-electron chi connectivity index (χ2n) is 6.84. The zero-order chi connectivity index (χ0) is 18.4. The highest BCUT2D eigenvalue weighted by Crippen LogP contribution is 2.17. The maximum Gasteiger partial charge on any atom is 0.215 e. The molecule has 0 aromatic carbocycles. The molecule has 1 N–H and O–H groups in total. The van der Waals surface area contributed by atoms with Crippen LogP contribution in [-0.2, 0) is 14.8 Å². The fourth-order valence-corrected chi connectivity index (χ4v) is 6.24. The van der Waals surface area contributed by atoms with Crippen LogP contribution in [0.15, 0.2) is 4.99 Å². The number of nitrogens with zero attached hydrogens (tertiary/aromatic N) is 4. The van der Waals surface area contributed by atoms with Crippen LogP contribution < -0.4 is 5.32 Å². The molecule has 158 valence electrons. The average Bonchev–Trinajstić information content (AvgIpc) is 3.16. The Morgan fingerprint density at radius 1 is 1.19 bits per heavy atom. The number of sulfonamides is 1. The molecule has 8 nitrogen and oxygen atoms in total. The van der Waals surface area contributed by atoms with Gasteiger partial charge in [0.25, 0.3) is 0 Å². The quantitative estimate of drug-likeness (QED) is 0.302. The Bertz CT molecular complexity index is 581. The number of halogens is 1. The Kier molecular flexibility index (Phi) is 9.89. The van der Waals surface area contributed by atoms with Crippen LogP contribution in [0.4, 0.5) is 0 Å². The number of nitrogens with one attached hydrogen (secondary N) is 1. The Morgan fingerprint density at radius 3 is 2.56 bits per heavy atom. The lowest BCUT2D eigenvalue weighted by molar-refractivity contribution is 0.0195. The third kappa shape index (κ3) is 6.59. The van der Waals surface area contributed by atoms with Crippen LogP contribution in [0.3, 0.4) is 0 Å². The van der Waals surface area contributed by atoms with Crippen molar-refractivity contribution in [3.63, 3.8) is 0 Å². The normalized spacial score (nSPS) is 26.0. The van der Waals surface area contributed by atoms with E-state index >= 15 is 0 Å². The van der Waals surface area contributed by atoms with Crippen LogP contribution in [0.5, 0.6) is 0 Å². The minimum atomic E-state index is -3.18. The van der Waals surface area contributed by atoms with Crippen molar-refractivity contribution in [3.05, 3.63) is 0 Å². The summed E-state index contributed by atoms with van der Waals surface area (Å²) >= 11 is 1.82. The van der Waals surface area contributed by atoms with Gasteiger partial charge in [-0.2, -0.15) is 11.8 Å². The molecule has 3 rings (SSSR count). The van der Waals surface area contributed by atoms with Gasteiger partial charge in [-0.1, -0.05) is 0 Å². The van der Waals surface area contributed by atoms with Crippen molar-refractivity contribution in [1.29, 1.82) is 0 Å². The first-order valence-corrected chi connectivity index (χ1v) is 12.2. The molecule has 0 radical (unpaired) electrons. The maximum absolute atomic E-state index is 12.4. The van der Waals surface area contributed by atoms with Crippen LogP contribution in [0.2, 0.25) is 0 Å². The van der Waals surface area contributed by atoms with E-state index in [1.54, 1.807) is 11.4 Å². The minimum Gasteiger partial charge on any atom is -0.379 e. The van der Waals surface area contributed by atoms with E-state index in [1.807, 2.05) is 11.8 Å².